The van der Waals surface area contributed by atoms with Crippen LogP contribution in [0, 0.1) is 0 Å². The van der Waals surface area contributed by atoms with Crippen LogP contribution in [0.15, 0.2) is 59.8 Å². The predicted octanol–water partition coefficient (Wildman–Crippen LogP) is 2.25. The van der Waals surface area contributed by atoms with Gasteiger partial charge in [0.15, 0.2) is 5.82 Å². The number of hydrogen-bond donors (Lipinski definition) is 1. The number of anilines is 1. The van der Waals surface area contributed by atoms with Crippen molar-refractivity contribution < 1.29 is 9.53 Å². The van der Waals surface area contributed by atoms with Crippen LogP contribution in [-0.2, 0) is 17.8 Å². The summed E-state index contributed by atoms with van der Waals surface area (Å²) in [6.45, 7) is 0.922. The van der Waals surface area contributed by atoms with Crippen molar-refractivity contribution in [1.82, 2.24) is 14.9 Å². The van der Waals surface area contributed by atoms with E-state index in [1.807, 2.05) is 53.4 Å². The minimum Gasteiger partial charge on any atom is -0.486 e. The van der Waals surface area contributed by atoms with E-state index >= 15 is 0 Å². The van der Waals surface area contributed by atoms with Crippen molar-refractivity contribution in [2.24, 2.45) is 0 Å². The summed E-state index contributed by atoms with van der Waals surface area (Å²) < 4.78 is 7.02. The molecule has 0 saturated heterocycles. The number of amides is 1. The summed E-state index contributed by atoms with van der Waals surface area (Å²) in [5.41, 5.74) is 2.20. The van der Waals surface area contributed by atoms with E-state index in [1.54, 1.807) is 0 Å². The number of para-hydroxylation sites is 2. The van der Waals surface area contributed by atoms with Gasteiger partial charge in [0.2, 0.25) is 11.1 Å². The summed E-state index contributed by atoms with van der Waals surface area (Å²) in [6, 6.07) is 17.4. The van der Waals surface area contributed by atoms with Crippen LogP contribution in [0.25, 0.3) is 0 Å². The topological polar surface area (TPSA) is 86.3 Å². The number of rotatable bonds is 6. The Hall–Kier alpha value is -3.00. The molecule has 4 rings (SSSR count). The zero-order valence-corrected chi connectivity index (χ0v) is 15.4. The molecule has 2 aromatic carbocycles. The summed E-state index contributed by atoms with van der Waals surface area (Å²) in [6.07, 6.45) is 0.890. The second kappa shape index (κ2) is 7.71. The Morgan fingerprint density at radius 1 is 1.11 bits per heavy atom. The highest BCUT2D eigenvalue weighted by Crippen LogP contribution is 2.28. The lowest BCUT2D eigenvalue weighted by Crippen LogP contribution is -2.30. The number of carbonyl (C=O) groups is 1. The highest BCUT2D eigenvalue weighted by Gasteiger charge is 2.24. The molecule has 1 aromatic heterocycles. The minimum absolute atomic E-state index is 0.0371. The number of nitrogens with zero attached hydrogens (tertiary/aromatic N) is 4. The maximum Gasteiger partial charge on any atom is 0.237 e. The van der Waals surface area contributed by atoms with Crippen LogP contribution >= 0.6 is 11.8 Å². The molecule has 0 radical (unpaired) electrons. The standard InChI is InChI=1S/C19H19N5O2S/c20-24-17(12-26-15-7-2-1-3-8-15)21-22-19(24)27-13-18(25)23-11-10-14-6-4-5-9-16(14)23/h1-9H,10-13,20H2. The van der Waals surface area contributed by atoms with E-state index in [-0.39, 0.29) is 18.3 Å². The van der Waals surface area contributed by atoms with Gasteiger partial charge < -0.3 is 15.5 Å². The predicted molar refractivity (Wildman–Crippen MR) is 104 cm³/mol. The van der Waals surface area contributed by atoms with Crippen LogP contribution in [0.5, 0.6) is 5.75 Å². The average Bonchev–Trinajstić information content (AvgIpc) is 3.29. The molecule has 0 bridgehead atoms. The van der Waals surface area contributed by atoms with Crippen molar-refractivity contribution in [2.45, 2.75) is 18.2 Å². The number of hydrogen-bond acceptors (Lipinski definition) is 6. The molecule has 1 aliphatic rings. The summed E-state index contributed by atoms with van der Waals surface area (Å²) in [5, 5.41) is 8.62. The fourth-order valence-corrected chi connectivity index (χ4v) is 3.72. The lowest BCUT2D eigenvalue weighted by Gasteiger charge is -2.16. The first-order valence-electron chi connectivity index (χ1n) is 8.60. The van der Waals surface area contributed by atoms with Crippen molar-refractivity contribution in [2.75, 3.05) is 23.0 Å². The highest BCUT2D eigenvalue weighted by atomic mass is 32.2. The summed E-state index contributed by atoms with van der Waals surface area (Å²) in [5.74, 6) is 7.57. The molecule has 1 amide bonds. The Labute approximate surface area is 161 Å². The Morgan fingerprint density at radius 3 is 2.74 bits per heavy atom. The molecule has 138 valence electrons. The van der Waals surface area contributed by atoms with Gasteiger partial charge in [-0.15, -0.1) is 10.2 Å². The Balaban J connectivity index is 1.35. The first-order valence-corrected chi connectivity index (χ1v) is 9.59. The molecule has 0 unspecified atom stereocenters. The van der Waals surface area contributed by atoms with Crippen LogP contribution in [0.3, 0.4) is 0 Å². The van der Waals surface area contributed by atoms with E-state index in [9.17, 15) is 4.79 Å². The first kappa shape index (κ1) is 17.4. The molecule has 0 aliphatic carbocycles. The van der Waals surface area contributed by atoms with Crippen molar-refractivity contribution >= 4 is 23.4 Å². The zero-order chi connectivity index (χ0) is 18.6. The maximum absolute atomic E-state index is 12.6. The van der Waals surface area contributed by atoms with Crippen LogP contribution in [0.2, 0.25) is 0 Å². The molecule has 1 aliphatic heterocycles. The number of nitrogens with two attached hydrogens (primary N) is 1. The van der Waals surface area contributed by atoms with Crippen LogP contribution in [0.1, 0.15) is 11.4 Å². The Bertz CT molecular complexity index is 944. The molecule has 8 heteroatoms. The molecule has 0 atom stereocenters. The molecule has 3 aromatic rings. The van der Waals surface area contributed by atoms with E-state index in [4.69, 9.17) is 10.6 Å². The van der Waals surface area contributed by atoms with Crippen molar-refractivity contribution in [3.63, 3.8) is 0 Å². The average molecular weight is 381 g/mol. The molecule has 7 nitrogen and oxygen atoms in total. The second-order valence-corrected chi connectivity index (χ2v) is 7.03. The van der Waals surface area contributed by atoms with Gasteiger partial charge in [-0.3, -0.25) is 4.79 Å². The third kappa shape index (κ3) is 3.75. The molecular weight excluding hydrogens is 362 g/mol. The summed E-state index contributed by atoms with van der Waals surface area (Å²) in [7, 11) is 0. The van der Waals surface area contributed by atoms with Crippen molar-refractivity contribution in [3.8, 4) is 5.75 Å². The van der Waals surface area contributed by atoms with Crippen molar-refractivity contribution in [3.05, 3.63) is 66.0 Å². The van der Waals surface area contributed by atoms with Gasteiger partial charge in [-0.1, -0.05) is 48.2 Å². The third-order valence-electron chi connectivity index (χ3n) is 4.36. The fourth-order valence-electron chi connectivity index (χ4n) is 2.97. The van der Waals surface area contributed by atoms with E-state index < -0.39 is 0 Å². The van der Waals surface area contributed by atoms with Gasteiger partial charge in [0.1, 0.15) is 12.4 Å². The summed E-state index contributed by atoms with van der Waals surface area (Å²) in [4.78, 5) is 14.4. The first-order chi connectivity index (χ1) is 13.2. The van der Waals surface area contributed by atoms with Gasteiger partial charge in [0.05, 0.1) is 5.75 Å². The number of fused-ring (bicyclic) bond motifs is 1. The molecule has 2 N–H and O–H groups in total. The van der Waals surface area contributed by atoms with E-state index in [0.717, 1.165) is 17.9 Å². The molecule has 0 saturated carbocycles. The summed E-state index contributed by atoms with van der Waals surface area (Å²) >= 11 is 1.28. The van der Waals surface area contributed by atoms with Gasteiger partial charge in [-0.25, -0.2) is 4.68 Å². The number of aromatic nitrogens is 3. The molecule has 27 heavy (non-hydrogen) atoms. The quantitative estimate of drug-likeness (QED) is 0.521. The minimum atomic E-state index is 0.0371. The Morgan fingerprint density at radius 2 is 1.89 bits per heavy atom. The molecular formula is C19H19N5O2S. The van der Waals surface area contributed by atoms with E-state index in [0.29, 0.717) is 17.5 Å². The van der Waals surface area contributed by atoms with Crippen molar-refractivity contribution in [1.29, 1.82) is 0 Å². The molecule has 2 heterocycles. The number of ether oxygens (including phenoxy) is 1. The van der Waals surface area contributed by atoms with Gasteiger partial charge >= 0.3 is 0 Å². The van der Waals surface area contributed by atoms with Gasteiger partial charge in [0, 0.05) is 12.2 Å². The zero-order valence-electron chi connectivity index (χ0n) is 14.6. The van der Waals surface area contributed by atoms with Crippen LogP contribution in [-0.4, -0.2) is 33.1 Å². The number of carbonyl (C=O) groups excluding carboxylic acids is 1. The second-order valence-electron chi connectivity index (χ2n) is 6.08. The fraction of sp³-hybridized carbons (Fsp3) is 0.211. The lowest BCUT2D eigenvalue weighted by atomic mass is 10.2. The van der Waals surface area contributed by atoms with Crippen LogP contribution < -0.4 is 15.5 Å². The number of nitrogen functional groups attached to an aromatic ring is 1. The Kier molecular flexibility index (Phi) is 4.97. The largest absolute Gasteiger partial charge is 0.486 e. The number of benzene rings is 2. The monoisotopic (exact) mass is 381 g/mol. The van der Waals surface area contributed by atoms with Crippen LogP contribution in [0.4, 0.5) is 5.69 Å². The molecule has 0 spiro atoms. The SMILES string of the molecule is Nn1c(COc2ccccc2)nnc1SCC(=O)N1CCc2ccccc21. The van der Waals surface area contributed by atoms with Gasteiger partial charge in [0.25, 0.3) is 0 Å². The molecule has 0 fully saturated rings. The highest BCUT2D eigenvalue weighted by molar-refractivity contribution is 7.99. The smallest absolute Gasteiger partial charge is 0.237 e. The lowest BCUT2D eigenvalue weighted by molar-refractivity contribution is -0.116. The van der Waals surface area contributed by atoms with E-state index in [1.165, 1.54) is 22.0 Å². The van der Waals surface area contributed by atoms with E-state index in [2.05, 4.69) is 16.3 Å². The maximum atomic E-state index is 12.6. The third-order valence-corrected chi connectivity index (χ3v) is 5.29. The normalized spacial score (nSPS) is 12.8. The number of thioether (sulfide) groups is 1. The van der Waals surface area contributed by atoms with Gasteiger partial charge in [-0.05, 0) is 30.2 Å². The van der Waals surface area contributed by atoms with Gasteiger partial charge in [-0.2, -0.15) is 0 Å².